The smallest absolute Gasteiger partial charge is 0.252 e. The molecule has 0 saturated carbocycles. The van der Waals surface area contributed by atoms with Crippen molar-refractivity contribution in [3.05, 3.63) is 297 Å². The molecule has 0 saturated heterocycles. The Balaban J connectivity index is 0.996. The molecule has 3 heteroatoms. The van der Waals surface area contributed by atoms with Gasteiger partial charge in [-0.2, -0.15) is 0 Å². The molecule has 0 aromatic heterocycles. The van der Waals surface area contributed by atoms with E-state index < -0.39 is 0 Å². The molecular formula is C78H57BN2. The molecule has 0 atom stereocenters. The lowest BCUT2D eigenvalue weighted by atomic mass is 9.33. The maximum Gasteiger partial charge on any atom is 0.252 e. The van der Waals surface area contributed by atoms with Gasteiger partial charge in [0.15, 0.2) is 0 Å². The van der Waals surface area contributed by atoms with Crippen molar-refractivity contribution >= 4 is 78.8 Å². The summed E-state index contributed by atoms with van der Waals surface area (Å²) >= 11 is 0. The van der Waals surface area contributed by atoms with Crippen LogP contribution in [0.5, 0.6) is 0 Å². The third-order valence-corrected chi connectivity index (χ3v) is 17.0. The third kappa shape index (κ3) is 8.27. The highest BCUT2D eigenvalue weighted by molar-refractivity contribution is 7.00. The Morgan fingerprint density at radius 2 is 0.630 bits per heavy atom. The van der Waals surface area contributed by atoms with Gasteiger partial charge in [0.05, 0.1) is 0 Å². The lowest BCUT2D eigenvalue weighted by Gasteiger charge is -2.45. The van der Waals surface area contributed by atoms with Gasteiger partial charge in [0.2, 0.25) is 0 Å². The van der Waals surface area contributed by atoms with Gasteiger partial charge in [-0.05, 0) is 170 Å². The second kappa shape index (κ2) is 19.4. The summed E-state index contributed by atoms with van der Waals surface area (Å²) in [6, 6.07) is 108. The quantitative estimate of drug-likeness (QED) is 0.111. The zero-order valence-corrected chi connectivity index (χ0v) is 45.7. The van der Waals surface area contributed by atoms with Gasteiger partial charge in [-0.3, -0.25) is 0 Å². The van der Waals surface area contributed by atoms with Crippen molar-refractivity contribution in [3.63, 3.8) is 0 Å². The largest absolute Gasteiger partial charge is 0.311 e. The van der Waals surface area contributed by atoms with E-state index in [9.17, 15) is 0 Å². The van der Waals surface area contributed by atoms with Crippen molar-refractivity contribution in [2.45, 2.75) is 26.2 Å². The molecule has 13 aromatic carbocycles. The van der Waals surface area contributed by atoms with Crippen LogP contribution in [0.15, 0.2) is 291 Å². The lowest BCUT2D eigenvalue weighted by Crippen LogP contribution is -2.61. The van der Waals surface area contributed by atoms with Crippen LogP contribution in [0, 0.1) is 0 Å². The van der Waals surface area contributed by atoms with E-state index in [4.69, 9.17) is 0 Å². The fourth-order valence-electron chi connectivity index (χ4n) is 13.0. The molecule has 0 unspecified atom stereocenters. The zero-order valence-electron chi connectivity index (χ0n) is 45.7. The Labute approximate surface area is 475 Å². The maximum absolute atomic E-state index is 2.58. The van der Waals surface area contributed by atoms with Gasteiger partial charge in [0.1, 0.15) is 0 Å². The Hall–Kier alpha value is -9.96. The lowest BCUT2D eigenvalue weighted by molar-refractivity contribution is 0.590. The fraction of sp³-hybridized carbons (Fsp3) is 0.0513. The van der Waals surface area contributed by atoms with Crippen LogP contribution in [0.25, 0.3) is 88.3 Å². The number of anilines is 6. The molecule has 0 fully saturated rings. The van der Waals surface area contributed by atoms with Gasteiger partial charge in [0.25, 0.3) is 6.71 Å². The van der Waals surface area contributed by atoms with Crippen LogP contribution in [0.3, 0.4) is 0 Å². The average Bonchev–Trinajstić information content (AvgIpc) is 2.93. The summed E-state index contributed by atoms with van der Waals surface area (Å²) in [7, 11) is 0. The van der Waals surface area contributed by atoms with Crippen molar-refractivity contribution < 1.29 is 0 Å². The van der Waals surface area contributed by atoms with E-state index in [0.29, 0.717) is 0 Å². The monoisotopic (exact) mass is 1030 g/mol. The molecule has 0 radical (unpaired) electrons. The van der Waals surface area contributed by atoms with E-state index in [1.807, 2.05) is 0 Å². The highest BCUT2D eigenvalue weighted by atomic mass is 15.2. The number of hydrogen-bond acceptors (Lipinski definition) is 2. The predicted molar refractivity (Wildman–Crippen MR) is 347 cm³/mol. The Kier molecular flexibility index (Phi) is 11.6. The Morgan fingerprint density at radius 1 is 0.259 bits per heavy atom. The molecule has 81 heavy (non-hydrogen) atoms. The highest BCUT2D eigenvalue weighted by Gasteiger charge is 2.44. The van der Waals surface area contributed by atoms with Crippen molar-refractivity contribution in [3.8, 4) is 66.8 Å². The first-order chi connectivity index (χ1) is 39.8. The Bertz CT molecular complexity index is 4510. The van der Waals surface area contributed by atoms with E-state index in [2.05, 4.69) is 322 Å². The molecule has 15 rings (SSSR count). The zero-order chi connectivity index (χ0) is 54.2. The molecule has 0 amide bonds. The third-order valence-electron chi connectivity index (χ3n) is 17.0. The summed E-state index contributed by atoms with van der Waals surface area (Å²) in [5, 5.41) is 4.98. The minimum Gasteiger partial charge on any atom is -0.311 e. The molecule has 13 aromatic rings. The molecule has 2 nitrogen and oxygen atoms in total. The van der Waals surface area contributed by atoms with Crippen LogP contribution in [-0.4, -0.2) is 6.71 Å². The normalized spacial score (nSPS) is 12.6. The number of nitrogens with zero attached hydrogens (tertiary/aromatic N) is 2. The van der Waals surface area contributed by atoms with Crippen molar-refractivity contribution in [1.29, 1.82) is 0 Å². The summed E-state index contributed by atoms with van der Waals surface area (Å²) in [4.78, 5) is 5.13. The molecule has 0 N–H and O–H groups in total. The number of fused-ring (bicyclic) bond motifs is 6. The SMILES string of the molecule is CC(C)(C)c1cc2c3c(c1)N(c1ccc(-c4ccccc4)cc1)c1cc(-c4ccc5c(-c6ccccc6)c6ccccc6c(-c6ccccc6)c5c4)ccc1B3c1cc(-c3ccccc3)ccc1N2c1ccc(-c2ccccc2)cc1. The first-order valence-electron chi connectivity index (χ1n) is 28.3. The van der Waals surface area contributed by atoms with Gasteiger partial charge >= 0.3 is 0 Å². The van der Waals surface area contributed by atoms with E-state index in [0.717, 1.165) is 11.4 Å². The van der Waals surface area contributed by atoms with Crippen LogP contribution in [0.1, 0.15) is 26.3 Å². The molecule has 0 bridgehead atoms. The summed E-state index contributed by atoms with van der Waals surface area (Å²) in [6.07, 6.45) is 0. The molecule has 0 aliphatic carbocycles. The molecule has 2 aliphatic heterocycles. The van der Waals surface area contributed by atoms with E-state index in [1.165, 1.54) is 133 Å². The number of rotatable bonds is 8. The summed E-state index contributed by atoms with van der Waals surface area (Å²) in [5.41, 5.74) is 26.5. The summed E-state index contributed by atoms with van der Waals surface area (Å²) in [6.45, 7) is 6.98. The van der Waals surface area contributed by atoms with Gasteiger partial charge in [-0.15, -0.1) is 0 Å². The molecule has 2 heterocycles. The van der Waals surface area contributed by atoms with E-state index >= 15 is 0 Å². The standard InChI is InChI=1S/C78H57BN2/c1-78(2,3)62-50-73-77-74(51-62)81(64-42-35-56(36-43-64)53-23-11-5-12-24-53)72-49-61(59-37-44-67-68(47-59)76(58-29-17-8-18-30-58)66-32-20-19-31-65(66)75(67)57-27-15-7-16-28-57)38-45-69(72)79(77)70-48-60(54-25-13-6-14-26-54)39-46-71(70)80(73)63-40-33-55(34-41-63)52-21-9-4-10-22-52/h4-51H,1-3H3. The van der Waals surface area contributed by atoms with E-state index in [1.54, 1.807) is 0 Å². The maximum atomic E-state index is 2.58. The first kappa shape index (κ1) is 48.2. The van der Waals surface area contributed by atoms with Gasteiger partial charge in [-0.25, -0.2) is 0 Å². The number of hydrogen-bond donors (Lipinski definition) is 0. The molecular weight excluding hydrogens is 976 g/mol. The second-order valence-electron chi connectivity index (χ2n) is 22.8. The molecule has 0 spiro atoms. The minimum atomic E-state index is -0.170. The van der Waals surface area contributed by atoms with Crippen LogP contribution < -0.4 is 26.2 Å². The summed E-state index contributed by atoms with van der Waals surface area (Å²) in [5.74, 6) is 0. The Morgan fingerprint density at radius 3 is 1.14 bits per heavy atom. The fourth-order valence-corrected chi connectivity index (χ4v) is 13.0. The molecule has 382 valence electrons. The topological polar surface area (TPSA) is 6.48 Å². The minimum absolute atomic E-state index is 0.0764. The van der Waals surface area contributed by atoms with Gasteiger partial charge < -0.3 is 9.80 Å². The van der Waals surface area contributed by atoms with Crippen molar-refractivity contribution in [1.82, 2.24) is 0 Å². The van der Waals surface area contributed by atoms with Crippen LogP contribution in [0.4, 0.5) is 34.1 Å². The van der Waals surface area contributed by atoms with Gasteiger partial charge in [0, 0.05) is 34.1 Å². The highest BCUT2D eigenvalue weighted by Crippen LogP contribution is 2.49. The number of benzene rings is 13. The van der Waals surface area contributed by atoms with Crippen molar-refractivity contribution in [2.24, 2.45) is 0 Å². The average molecular weight is 1030 g/mol. The van der Waals surface area contributed by atoms with Gasteiger partial charge in [-0.1, -0.05) is 257 Å². The second-order valence-corrected chi connectivity index (χ2v) is 22.8. The van der Waals surface area contributed by atoms with Crippen LogP contribution in [-0.2, 0) is 5.41 Å². The van der Waals surface area contributed by atoms with Crippen LogP contribution >= 0.6 is 0 Å². The molecule has 2 aliphatic rings. The van der Waals surface area contributed by atoms with E-state index in [-0.39, 0.29) is 12.1 Å². The first-order valence-corrected chi connectivity index (χ1v) is 28.3. The summed E-state index contributed by atoms with van der Waals surface area (Å²) < 4.78 is 0. The van der Waals surface area contributed by atoms with Crippen molar-refractivity contribution in [2.75, 3.05) is 9.80 Å². The predicted octanol–water partition coefficient (Wildman–Crippen LogP) is 19.4. The van der Waals surface area contributed by atoms with Crippen LogP contribution in [0.2, 0.25) is 0 Å².